The molecule has 1 saturated heterocycles. The van der Waals surface area contributed by atoms with Crippen LogP contribution in [-0.4, -0.2) is 52.5 Å². The van der Waals surface area contributed by atoms with E-state index in [1.807, 2.05) is 4.90 Å². The van der Waals surface area contributed by atoms with Crippen molar-refractivity contribution in [1.82, 2.24) is 9.62 Å². The van der Waals surface area contributed by atoms with Gasteiger partial charge in [-0.3, -0.25) is 4.79 Å². The molecule has 29 heavy (non-hydrogen) atoms. The third-order valence-electron chi connectivity index (χ3n) is 5.68. The fourth-order valence-corrected chi connectivity index (χ4v) is 4.37. The largest absolute Gasteiger partial charge is 0.368 e. The van der Waals surface area contributed by atoms with Gasteiger partial charge in [0.15, 0.2) is 0 Å². The smallest absolute Gasteiger partial charge is 0.240 e. The number of piperazine rings is 1. The zero-order valence-corrected chi connectivity index (χ0v) is 18.1. The Morgan fingerprint density at radius 3 is 2.28 bits per heavy atom. The fourth-order valence-electron chi connectivity index (χ4n) is 3.64. The summed E-state index contributed by atoms with van der Waals surface area (Å²) >= 11 is 0. The van der Waals surface area contributed by atoms with Crippen molar-refractivity contribution in [2.75, 3.05) is 38.1 Å². The Balaban J connectivity index is 1.52. The van der Waals surface area contributed by atoms with Gasteiger partial charge in [0.1, 0.15) is 0 Å². The number of aryl methyl sites for hydroxylation is 2. The Morgan fingerprint density at radius 1 is 1.00 bits per heavy atom. The van der Waals surface area contributed by atoms with Gasteiger partial charge in [0.2, 0.25) is 15.9 Å². The van der Waals surface area contributed by atoms with Crippen LogP contribution in [0.3, 0.4) is 0 Å². The molecule has 1 fully saturated rings. The first-order chi connectivity index (χ1) is 13.8. The Kier molecular flexibility index (Phi) is 6.59. The van der Waals surface area contributed by atoms with E-state index in [9.17, 15) is 13.2 Å². The predicted molar refractivity (Wildman–Crippen MR) is 116 cm³/mol. The average Bonchev–Trinajstić information content (AvgIpc) is 2.74. The quantitative estimate of drug-likeness (QED) is 0.787. The topological polar surface area (TPSA) is 69.7 Å². The van der Waals surface area contributed by atoms with Crippen LogP contribution < -0.4 is 9.62 Å². The molecular weight excluding hydrogens is 386 g/mol. The summed E-state index contributed by atoms with van der Waals surface area (Å²) in [5.74, 6) is 0.150. The number of benzene rings is 2. The van der Waals surface area contributed by atoms with Gasteiger partial charge in [0.05, 0.1) is 4.90 Å². The van der Waals surface area contributed by atoms with Crippen LogP contribution in [0.1, 0.15) is 23.1 Å². The maximum atomic E-state index is 12.6. The maximum absolute atomic E-state index is 12.6. The highest BCUT2D eigenvalue weighted by Crippen LogP contribution is 2.24. The van der Waals surface area contributed by atoms with E-state index in [2.05, 4.69) is 41.7 Å². The molecule has 0 spiro atoms. The van der Waals surface area contributed by atoms with E-state index in [0.29, 0.717) is 12.8 Å². The highest BCUT2D eigenvalue weighted by Gasteiger charge is 2.22. The van der Waals surface area contributed by atoms with Crippen molar-refractivity contribution in [2.45, 2.75) is 31.6 Å². The lowest BCUT2D eigenvalue weighted by atomic mass is 10.1. The van der Waals surface area contributed by atoms with Crippen molar-refractivity contribution in [2.24, 2.45) is 0 Å². The molecule has 2 aromatic rings. The average molecular weight is 416 g/mol. The van der Waals surface area contributed by atoms with E-state index in [-0.39, 0.29) is 10.8 Å². The summed E-state index contributed by atoms with van der Waals surface area (Å²) in [5.41, 5.74) is 4.81. The minimum absolute atomic E-state index is 0.150. The van der Waals surface area contributed by atoms with Crippen LogP contribution in [0.25, 0.3) is 0 Å². The summed E-state index contributed by atoms with van der Waals surface area (Å²) < 4.78 is 25.9. The number of amides is 1. The molecular formula is C22H29N3O3S. The van der Waals surface area contributed by atoms with E-state index in [1.165, 1.54) is 23.9 Å². The molecule has 156 valence electrons. The minimum Gasteiger partial charge on any atom is -0.368 e. The van der Waals surface area contributed by atoms with Crippen LogP contribution >= 0.6 is 0 Å². The van der Waals surface area contributed by atoms with Crippen molar-refractivity contribution >= 4 is 21.6 Å². The molecule has 1 heterocycles. The molecule has 1 aliphatic heterocycles. The summed E-state index contributed by atoms with van der Waals surface area (Å²) in [4.78, 5) is 17.1. The lowest BCUT2D eigenvalue weighted by Gasteiger charge is -2.37. The van der Waals surface area contributed by atoms with Crippen molar-refractivity contribution in [3.8, 4) is 0 Å². The number of carbonyl (C=O) groups is 1. The van der Waals surface area contributed by atoms with E-state index < -0.39 is 10.0 Å². The molecule has 0 unspecified atom stereocenters. The molecule has 0 radical (unpaired) electrons. The SMILES string of the molecule is CNS(=O)(=O)c1ccc(CCC(=O)N2CCN(c3cccc(C)c3C)CC2)cc1. The summed E-state index contributed by atoms with van der Waals surface area (Å²) in [6.07, 6.45) is 1.04. The molecule has 6 nitrogen and oxygen atoms in total. The number of rotatable bonds is 6. The summed E-state index contributed by atoms with van der Waals surface area (Å²) in [6, 6.07) is 13.1. The summed E-state index contributed by atoms with van der Waals surface area (Å²) in [7, 11) is -2.04. The molecule has 1 aliphatic rings. The number of hydrogen-bond donors (Lipinski definition) is 1. The number of hydrogen-bond acceptors (Lipinski definition) is 4. The fraction of sp³-hybridized carbons (Fsp3) is 0.409. The van der Waals surface area contributed by atoms with Crippen LogP contribution in [-0.2, 0) is 21.2 Å². The Bertz CT molecular complexity index is 963. The van der Waals surface area contributed by atoms with Gasteiger partial charge in [0.25, 0.3) is 0 Å². The lowest BCUT2D eigenvalue weighted by molar-refractivity contribution is -0.131. The summed E-state index contributed by atoms with van der Waals surface area (Å²) in [6.45, 7) is 7.41. The Labute approximate surface area is 173 Å². The van der Waals surface area contributed by atoms with Crippen LogP contribution in [0.5, 0.6) is 0 Å². The molecule has 0 atom stereocenters. The number of sulfonamides is 1. The second-order valence-electron chi connectivity index (χ2n) is 7.44. The highest BCUT2D eigenvalue weighted by atomic mass is 32.2. The number of anilines is 1. The van der Waals surface area contributed by atoms with Crippen molar-refractivity contribution in [1.29, 1.82) is 0 Å². The molecule has 7 heteroatoms. The first-order valence-electron chi connectivity index (χ1n) is 9.93. The Morgan fingerprint density at radius 2 is 1.66 bits per heavy atom. The van der Waals surface area contributed by atoms with Gasteiger partial charge in [-0.25, -0.2) is 13.1 Å². The normalized spacial score (nSPS) is 14.9. The second-order valence-corrected chi connectivity index (χ2v) is 9.32. The van der Waals surface area contributed by atoms with Crippen molar-refractivity contribution < 1.29 is 13.2 Å². The summed E-state index contributed by atoms with van der Waals surface area (Å²) in [5, 5.41) is 0. The standard InChI is InChI=1S/C22H29N3O3S/c1-17-5-4-6-21(18(17)2)24-13-15-25(16-14-24)22(26)12-9-19-7-10-20(11-8-19)29(27,28)23-3/h4-8,10-11,23H,9,12-16H2,1-3H3. The molecule has 0 aliphatic carbocycles. The first kappa shape index (κ1) is 21.3. The molecule has 1 N–H and O–H groups in total. The second kappa shape index (κ2) is 8.97. The predicted octanol–water partition coefficient (Wildman–Crippen LogP) is 2.49. The number of nitrogens with one attached hydrogen (secondary N) is 1. The van der Waals surface area contributed by atoms with Gasteiger partial charge >= 0.3 is 0 Å². The minimum atomic E-state index is -3.43. The van der Waals surface area contributed by atoms with E-state index in [1.54, 1.807) is 24.3 Å². The van der Waals surface area contributed by atoms with E-state index in [0.717, 1.165) is 31.7 Å². The zero-order chi connectivity index (χ0) is 21.0. The lowest BCUT2D eigenvalue weighted by Crippen LogP contribution is -2.49. The molecule has 3 rings (SSSR count). The maximum Gasteiger partial charge on any atom is 0.240 e. The zero-order valence-electron chi connectivity index (χ0n) is 17.3. The van der Waals surface area contributed by atoms with Gasteiger partial charge in [-0.1, -0.05) is 24.3 Å². The van der Waals surface area contributed by atoms with Crippen LogP contribution in [0.15, 0.2) is 47.4 Å². The number of carbonyl (C=O) groups excluding carboxylic acids is 1. The number of nitrogens with zero attached hydrogens (tertiary/aromatic N) is 2. The van der Waals surface area contributed by atoms with E-state index in [4.69, 9.17) is 0 Å². The monoisotopic (exact) mass is 415 g/mol. The highest BCUT2D eigenvalue weighted by molar-refractivity contribution is 7.89. The third-order valence-corrected chi connectivity index (χ3v) is 7.11. The van der Waals surface area contributed by atoms with Gasteiger partial charge in [-0.15, -0.1) is 0 Å². The van der Waals surface area contributed by atoms with Crippen LogP contribution in [0, 0.1) is 13.8 Å². The molecule has 1 amide bonds. The van der Waals surface area contributed by atoms with Gasteiger partial charge in [0, 0.05) is 38.3 Å². The molecule has 0 saturated carbocycles. The van der Waals surface area contributed by atoms with E-state index >= 15 is 0 Å². The van der Waals surface area contributed by atoms with Gasteiger partial charge in [-0.2, -0.15) is 0 Å². The molecule has 0 aromatic heterocycles. The van der Waals surface area contributed by atoms with Crippen molar-refractivity contribution in [3.63, 3.8) is 0 Å². The van der Waals surface area contributed by atoms with Crippen LogP contribution in [0.2, 0.25) is 0 Å². The third kappa shape index (κ3) is 4.97. The molecule has 0 bridgehead atoms. The molecule has 2 aromatic carbocycles. The first-order valence-corrected chi connectivity index (χ1v) is 11.4. The van der Waals surface area contributed by atoms with Gasteiger partial charge < -0.3 is 9.80 Å². The Hall–Kier alpha value is -2.38. The van der Waals surface area contributed by atoms with Crippen molar-refractivity contribution in [3.05, 3.63) is 59.2 Å². The van der Waals surface area contributed by atoms with Gasteiger partial charge in [-0.05, 0) is 62.2 Å². The van der Waals surface area contributed by atoms with Crippen LogP contribution in [0.4, 0.5) is 5.69 Å².